The number of nitrogens with one attached hydrogen (secondary N) is 1. The molecule has 3 aromatic rings. The van der Waals surface area contributed by atoms with Gasteiger partial charge in [0, 0.05) is 11.8 Å². The third kappa shape index (κ3) is 3.89. The van der Waals surface area contributed by atoms with Gasteiger partial charge < -0.3 is 14.5 Å². The molecule has 0 saturated heterocycles. The highest BCUT2D eigenvalue weighted by Gasteiger charge is 2.12. The summed E-state index contributed by atoms with van der Waals surface area (Å²) >= 11 is 0. The molecule has 0 unspecified atom stereocenters. The molecule has 0 aliphatic heterocycles. The Hall–Kier alpha value is -3.34. The van der Waals surface area contributed by atoms with Crippen molar-refractivity contribution in [3.63, 3.8) is 0 Å². The summed E-state index contributed by atoms with van der Waals surface area (Å²) in [6.07, 6.45) is 1.16. The lowest BCUT2D eigenvalue weighted by molar-refractivity contribution is 0.0993. The highest BCUT2D eigenvalue weighted by atomic mass is 16.5. The number of rotatable bonds is 5. The highest BCUT2D eigenvalue weighted by Crippen LogP contribution is 2.11. The van der Waals surface area contributed by atoms with Gasteiger partial charge >= 0.3 is 0 Å². The van der Waals surface area contributed by atoms with Crippen molar-refractivity contribution in [2.75, 3.05) is 5.32 Å². The van der Waals surface area contributed by atoms with Crippen LogP contribution in [-0.4, -0.2) is 5.91 Å². The Labute approximate surface area is 138 Å². The first-order valence-electron chi connectivity index (χ1n) is 7.38. The number of para-hydroxylation sites is 1. The van der Waals surface area contributed by atoms with Gasteiger partial charge in [-0.1, -0.05) is 48.5 Å². The molecule has 0 bridgehead atoms. The molecule has 1 N–H and O–H groups in total. The molecule has 0 saturated carbocycles. The van der Waals surface area contributed by atoms with E-state index in [0.717, 1.165) is 17.9 Å². The van der Waals surface area contributed by atoms with Gasteiger partial charge in [0.1, 0.15) is 12.9 Å². The van der Waals surface area contributed by atoms with Crippen LogP contribution in [0.2, 0.25) is 0 Å². The van der Waals surface area contributed by atoms with Crippen molar-refractivity contribution >= 4 is 11.6 Å². The average Bonchev–Trinajstić information content (AvgIpc) is 2.62. The minimum absolute atomic E-state index is 0.0649. The Morgan fingerprint density at radius 3 is 2.33 bits per heavy atom. The molecule has 0 aliphatic rings. The van der Waals surface area contributed by atoms with Gasteiger partial charge in [0.15, 0.2) is 5.76 Å². The first kappa shape index (κ1) is 15.6. The Balaban J connectivity index is 1.68. The molecule has 0 fully saturated rings. The number of carbonyl (C=O) groups is 1. The van der Waals surface area contributed by atoms with Gasteiger partial charge in [-0.2, -0.15) is 0 Å². The molecule has 0 aliphatic carbocycles. The van der Waals surface area contributed by atoms with Crippen molar-refractivity contribution in [1.29, 1.82) is 0 Å². The van der Waals surface area contributed by atoms with Gasteiger partial charge in [-0.25, -0.2) is 0 Å². The van der Waals surface area contributed by atoms with Crippen LogP contribution in [0.1, 0.15) is 16.1 Å². The summed E-state index contributed by atoms with van der Waals surface area (Å²) in [5, 5.41) is 2.65. The molecule has 120 valence electrons. The number of anilines is 1. The lowest BCUT2D eigenvalue weighted by atomic mass is 10.2. The molecule has 0 spiro atoms. The minimum atomic E-state index is -0.493. The van der Waals surface area contributed by atoms with E-state index >= 15 is 0 Å². The first-order valence-corrected chi connectivity index (χ1v) is 7.38. The fraction of sp³-hybridized carbons (Fsp3) is 0.0526. The molecule has 24 heavy (non-hydrogen) atoms. The van der Waals surface area contributed by atoms with Crippen LogP contribution < -0.4 is 15.5 Å². The zero-order chi connectivity index (χ0) is 16.8. The van der Waals surface area contributed by atoms with Crippen LogP contribution in [0.3, 0.4) is 0 Å². The molecule has 1 heterocycles. The number of benzene rings is 2. The lowest BCUT2D eigenvalue weighted by Crippen LogP contribution is -2.15. The zero-order valence-corrected chi connectivity index (χ0v) is 12.8. The van der Waals surface area contributed by atoms with Gasteiger partial charge in [0.2, 0.25) is 11.2 Å². The van der Waals surface area contributed by atoms with Crippen molar-refractivity contribution in [1.82, 2.24) is 0 Å². The van der Waals surface area contributed by atoms with Crippen LogP contribution in [0.15, 0.2) is 82.2 Å². The summed E-state index contributed by atoms with van der Waals surface area (Å²) in [5.41, 5.74) is 1.15. The third-order valence-electron chi connectivity index (χ3n) is 3.29. The fourth-order valence-electron chi connectivity index (χ4n) is 2.07. The Morgan fingerprint density at radius 1 is 1.00 bits per heavy atom. The van der Waals surface area contributed by atoms with E-state index in [0.29, 0.717) is 5.69 Å². The highest BCUT2D eigenvalue weighted by molar-refractivity contribution is 6.02. The quantitative estimate of drug-likeness (QED) is 0.781. The molecule has 0 radical (unpaired) electrons. The van der Waals surface area contributed by atoms with Crippen molar-refractivity contribution < 1.29 is 13.9 Å². The summed E-state index contributed by atoms with van der Waals surface area (Å²) in [4.78, 5) is 24.1. The van der Waals surface area contributed by atoms with Gasteiger partial charge in [-0.3, -0.25) is 9.59 Å². The molecular formula is C19H15NO4. The Morgan fingerprint density at radius 2 is 1.67 bits per heavy atom. The van der Waals surface area contributed by atoms with Crippen molar-refractivity contribution in [2.45, 2.75) is 6.61 Å². The van der Waals surface area contributed by atoms with Crippen LogP contribution in [-0.2, 0) is 6.61 Å². The summed E-state index contributed by atoms with van der Waals surface area (Å²) in [7, 11) is 0. The predicted molar refractivity (Wildman–Crippen MR) is 90.1 cm³/mol. The second-order valence-electron chi connectivity index (χ2n) is 5.07. The molecule has 3 rings (SSSR count). The number of hydrogen-bond acceptors (Lipinski definition) is 4. The van der Waals surface area contributed by atoms with Crippen LogP contribution in [0.25, 0.3) is 0 Å². The van der Waals surface area contributed by atoms with E-state index in [1.165, 1.54) is 0 Å². The average molecular weight is 321 g/mol. The van der Waals surface area contributed by atoms with Gasteiger partial charge in [0.05, 0.1) is 0 Å². The second kappa shape index (κ2) is 7.28. The number of hydrogen-bond donors (Lipinski definition) is 1. The van der Waals surface area contributed by atoms with E-state index in [4.69, 9.17) is 9.15 Å². The number of carbonyl (C=O) groups excluding carboxylic acids is 1. The van der Waals surface area contributed by atoms with Gasteiger partial charge in [-0.05, 0) is 17.7 Å². The maximum absolute atomic E-state index is 12.1. The van der Waals surface area contributed by atoms with Crippen LogP contribution in [0.5, 0.6) is 5.75 Å². The Bertz CT molecular complexity index is 873. The standard InChI is InChI=1S/C19H15NO4/c21-16-11-17(19(22)20-15-9-5-2-6-10-15)24-13-18(16)23-12-14-7-3-1-4-8-14/h1-11,13H,12H2,(H,20,22). The minimum Gasteiger partial charge on any atom is -0.482 e. The summed E-state index contributed by atoms with van der Waals surface area (Å²) in [5.74, 6) is -0.501. The summed E-state index contributed by atoms with van der Waals surface area (Å²) < 4.78 is 10.7. The van der Waals surface area contributed by atoms with E-state index in [2.05, 4.69) is 5.32 Å². The maximum atomic E-state index is 12.1. The van der Waals surface area contributed by atoms with Gasteiger partial charge in [-0.15, -0.1) is 0 Å². The van der Waals surface area contributed by atoms with Crippen molar-refractivity contribution in [3.8, 4) is 5.75 Å². The fourth-order valence-corrected chi connectivity index (χ4v) is 2.07. The normalized spacial score (nSPS) is 10.2. The van der Waals surface area contributed by atoms with Crippen LogP contribution >= 0.6 is 0 Å². The summed E-state index contributed by atoms with van der Waals surface area (Å²) in [6.45, 7) is 0.251. The van der Waals surface area contributed by atoms with E-state index in [1.54, 1.807) is 24.3 Å². The Kier molecular flexibility index (Phi) is 4.72. The largest absolute Gasteiger partial charge is 0.482 e. The molecular weight excluding hydrogens is 306 g/mol. The SMILES string of the molecule is O=C(Nc1ccccc1)c1cc(=O)c(OCc2ccccc2)co1. The number of amides is 1. The topological polar surface area (TPSA) is 68.5 Å². The third-order valence-corrected chi connectivity index (χ3v) is 3.29. The first-order chi connectivity index (χ1) is 11.7. The zero-order valence-electron chi connectivity index (χ0n) is 12.8. The summed E-state index contributed by atoms with van der Waals surface area (Å²) in [6, 6.07) is 19.5. The van der Waals surface area contributed by atoms with Crippen molar-refractivity contribution in [3.05, 3.63) is 94.5 Å². The maximum Gasteiger partial charge on any atom is 0.291 e. The van der Waals surface area contributed by atoms with Crippen LogP contribution in [0, 0.1) is 0 Å². The smallest absolute Gasteiger partial charge is 0.291 e. The van der Waals surface area contributed by atoms with E-state index < -0.39 is 11.3 Å². The van der Waals surface area contributed by atoms with E-state index in [1.807, 2.05) is 36.4 Å². The van der Waals surface area contributed by atoms with Gasteiger partial charge in [0.25, 0.3) is 5.91 Å². The number of ether oxygens (including phenoxy) is 1. The predicted octanol–water partition coefficient (Wildman–Crippen LogP) is 3.47. The molecule has 1 amide bonds. The molecule has 5 heteroatoms. The molecule has 5 nitrogen and oxygen atoms in total. The molecule has 2 aromatic carbocycles. The van der Waals surface area contributed by atoms with Crippen LogP contribution in [0.4, 0.5) is 5.69 Å². The molecule has 0 atom stereocenters. The second-order valence-corrected chi connectivity index (χ2v) is 5.07. The van der Waals surface area contributed by atoms with Crippen molar-refractivity contribution in [2.24, 2.45) is 0 Å². The van der Waals surface area contributed by atoms with E-state index in [9.17, 15) is 9.59 Å². The monoisotopic (exact) mass is 321 g/mol. The lowest BCUT2D eigenvalue weighted by Gasteiger charge is -2.06. The molecule has 1 aromatic heterocycles. The van der Waals surface area contributed by atoms with E-state index in [-0.39, 0.29) is 18.1 Å².